The number of amides is 4. The molecule has 4 aliphatic carbocycles. The Morgan fingerprint density at radius 2 is 1.74 bits per heavy atom. The number of carbonyl (C=O) groups excluding carboxylic acids is 3. The van der Waals surface area contributed by atoms with Crippen molar-refractivity contribution in [3.8, 4) is 5.75 Å². The summed E-state index contributed by atoms with van der Waals surface area (Å²) < 4.78 is 5.97. The number of rotatable bonds is 4. The van der Waals surface area contributed by atoms with Crippen molar-refractivity contribution in [1.82, 2.24) is 10.2 Å². The van der Waals surface area contributed by atoms with Gasteiger partial charge in [0.15, 0.2) is 0 Å². The third kappa shape index (κ3) is 3.41. The van der Waals surface area contributed by atoms with Crippen molar-refractivity contribution in [2.24, 2.45) is 23.2 Å². The molecule has 1 atom stereocenters. The largest absolute Gasteiger partial charge is 0.496 e. The maximum Gasteiger partial charge on any atom is 0.331 e. The molecular formula is C24H27BrN2O4. The summed E-state index contributed by atoms with van der Waals surface area (Å²) >= 11 is 3.43. The Hall–Kier alpha value is -2.15. The smallest absolute Gasteiger partial charge is 0.331 e. The van der Waals surface area contributed by atoms with E-state index >= 15 is 0 Å². The Bertz CT molecular complexity index is 966. The van der Waals surface area contributed by atoms with Crippen LogP contribution >= 0.6 is 15.9 Å². The Morgan fingerprint density at radius 3 is 2.29 bits per heavy atom. The van der Waals surface area contributed by atoms with Gasteiger partial charge in [-0.1, -0.05) is 6.07 Å². The zero-order valence-electron chi connectivity index (χ0n) is 17.8. The molecule has 7 heteroatoms. The summed E-state index contributed by atoms with van der Waals surface area (Å²) in [7, 11) is 1.58. The number of halogens is 1. The molecular weight excluding hydrogens is 460 g/mol. The summed E-state index contributed by atoms with van der Waals surface area (Å²) in [5, 5.41) is 2.40. The van der Waals surface area contributed by atoms with Crippen molar-refractivity contribution in [2.45, 2.75) is 51.5 Å². The number of imide groups is 2. The van der Waals surface area contributed by atoms with Gasteiger partial charge < -0.3 is 4.74 Å². The van der Waals surface area contributed by atoms with Crippen LogP contribution in [0.1, 0.15) is 51.0 Å². The lowest BCUT2D eigenvalue weighted by Gasteiger charge is -2.60. The van der Waals surface area contributed by atoms with Gasteiger partial charge in [-0.15, -0.1) is 0 Å². The molecule has 164 valence electrons. The molecule has 5 fully saturated rings. The molecule has 0 aromatic heterocycles. The van der Waals surface area contributed by atoms with Crippen LogP contribution in [-0.2, 0) is 9.59 Å². The standard InChI is InChI=1S/C24H27BrN2O4/c1-13(24-10-15-5-16(11-24)7-17(6-15)12-24)27-22(29)18(21(28)26-23(27)30)8-14-3-4-20(31-2)19(25)9-14/h3-4,8-9,13,15-17H,5-7,10-12H2,1-2H3,(H,26,28,30). The van der Waals surface area contributed by atoms with E-state index in [9.17, 15) is 14.4 Å². The van der Waals surface area contributed by atoms with Crippen LogP contribution in [-0.4, -0.2) is 35.9 Å². The van der Waals surface area contributed by atoms with Gasteiger partial charge in [-0.2, -0.15) is 0 Å². The van der Waals surface area contributed by atoms with Gasteiger partial charge in [0.2, 0.25) is 0 Å². The third-order valence-electron chi connectivity index (χ3n) is 7.98. The summed E-state index contributed by atoms with van der Waals surface area (Å²) in [6.07, 6.45) is 8.67. The molecule has 6 nitrogen and oxygen atoms in total. The monoisotopic (exact) mass is 486 g/mol. The highest BCUT2D eigenvalue weighted by Crippen LogP contribution is 2.62. The molecule has 0 radical (unpaired) electrons. The Morgan fingerprint density at radius 1 is 1.13 bits per heavy atom. The number of hydrogen-bond donors (Lipinski definition) is 1. The summed E-state index contributed by atoms with van der Waals surface area (Å²) in [4.78, 5) is 40.1. The minimum Gasteiger partial charge on any atom is -0.496 e. The van der Waals surface area contributed by atoms with Gasteiger partial charge in [-0.05, 0) is 108 Å². The van der Waals surface area contributed by atoms with Crippen molar-refractivity contribution in [1.29, 1.82) is 0 Å². The molecule has 1 saturated heterocycles. The van der Waals surface area contributed by atoms with Gasteiger partial charge in [-0.3, -0.25) is 19.8 Å². The van der Waals surface area contributed by atoms with E-state index in [0.717, 1.165) is 23.7 Å². The number of methoxy groups -OCH3 is 1. The van der Waals surface area contributed by atoms with Crippen LogP contribution in [0.25, 0.3) is 6.08 Å². The summed E-state index contributed by atoms with van der Waals surface area (Å²) in [6, 6.07) is 4.51. The van der Waals surface area contributed by atoms with Crippen LogP contribution in [0.4, 0.5) is 4.79 Å². The van der Waals surface area contributed by atoms with E-state index < -0.39 is 17.8 Å². The van der Waals surface area contributed by atoms with Gasteiger partial charge in [0, 0.05) is 6.04 Å². The van der Waals surface area contributed by atoms with Gasteiger partial charge >= 0.3 is 6.03 Å². The fourth-order valence-corrected chi connectivity index (χ4v) is 7.48. The second-order valence-electron chi connectivity index (χ2n) is 9.84. The van der Waals surface area contributed by atoms with Crippen LogP contribution in [0.3, 0.4) is 0 Å². The quantitative estimate of drug-likeness (QED) is 0.501. The lowest BCUT2D eigenvalue weighted by molar-refractivity contribution is -0.139. The van der Waals surface area contributed by atoms with E-state index in [1.165, 1.54) is 24.2 Å². The number of nitrogens with zero attached hydrogens (tertiary/aromatic N) is 1. The first-order valence-corrected chi connectivity index (χ1v) is 11.8. The SMILES string of the molecule is COc1ccc(C=C2C(=O)NC(=O)N(C(C)C34CC5CC(CC(C5)C3)C4)C2=O)cc1Br. The summed E-state index contributed by atoms with van der Waals surface area (Å²) in [5.74, 6) is 1.66. The number of urea groups is 1. The number of ether oxygens (including phenoxy) is 1. The van der Waals surface area contributed by atoms with Crippen LogP contribution < -0.4 is 10.1 Å². The highest BCUT2D eigenvalue weighted by Gasteiger charge is 2.56. The average molecular weight is 487 g/mol. The molecule has 4 amide bonds. The summed E-state index contributed by atoms with van der Waals surface area (Å²) in [5.41, 5.74) is 0.660. The first-order chi connectivity index (χ1) is 14.8. The van der Waals surface area contributed by atoms with Crippen molar-refractivity contribution in [3.05, 3.63) is 33.8 Å². The predicted octanol–water partition coefficient (Wildman–Crippen LogP) is 4.52. The van der Waals surface area contributed by atoms with E-state index in [-0.39, 0.29) is 17.0 Å². The van der Waals surface area contributed by atoms with Gasteiger partial charge in [-0.25, -0.2) is 4.79 Å². The van der Waals surface area contributed by atoms with E-state index in [4.69, 9.17) is 4.74 Å². The number of nitrogens with one attached hydrogen (secondary N) is 1. The van der Waals surface area contributed by atoms with Crippen molar-refractivity contribution in [3.63, 3.8) is 0 Å². The summed E-state index contributed by atoms with van der Waals surface area (Å²) in [6.45, 7) is 2.00. The molecule has 31 heavy (non-hydrogen) atoms. The number of carbonyl (C=O) groups is 3. The van der Waals surface area contributed by atoms with Crippen molar-refractivity contribution >= 4 is 39.9 Å². The molecule has 1 unspecified atom stereocenters. The Balaban J connectivity index is 1.46. The van der Waals surface area contributed by atoms with Crippen LogP contribution in [0.5, 0.6) is 5.75 Å². The first kappa shape index (κ1) is 20.7. The van der Waals surface area contributed by atoms with Crippen LogP contribution in [0, 0.1) is 23.2 Å². The number of benzene rings is 1. The molecule has 1 aromatic rings. The maximum atomic E-state index is 13.4. The Kier molecular flexibility index (Phi) is 5.00. The molecule has 4 saturated carbocycles. The van der Waals surface area contributed by atoms with E-state index in [2.05, 4.69) is 21.2 Å². The maximum absolute atomic E-state index is 13.4. The zero-order valence-corrected chi connectivity index (χ0v) is 19.4. The molecule has 6 rings (SSSR count). The number of hydrogen-bond acceptors (Lipinski definition) is 4. The van der Waals surface area contributed by atoms with E-state index in [1.807, 2.05) is 6.92 Å². The zero-order chi connectivity index (χ0) is 21.9. The van der Waals surface area contributed by atoms with Gasteiger partial charge in [0.1, 0.15) is 11.3 Å². The van der Waals surface area contributed by atoms with Crippen LogP contribution in [0.2, 0.25) is 0 Å². The lowest BCUT2D eigenvalue weighted by atomic mass is 9.47. The minimum absolute atomic E-state index is 0.00625. The molecule has 1 N–H and O–H groups in total. The second kappa shape index (κ2) is 7.47. The van der Waals surface area contributed by atoms with E-state index in [0.29, 0.717) is 29.1 Å². The lowest BCUT2D eigenvalue weighted by Crippen LogP contribution is -2.63. The first-order valence-electron chi connectivity index (χ1n) is 11.0. The molecule has 4 bridgehead atoms. The molecule has 1 heterocycles. The van der Waals surface area contributed by atoms with Gasteiger partial charge in [0.05, 0.1) is 11.6 Å². The minimum atomic E-state index is -0.643. The predicted molar refractivity (Wildman–Crippen MR) is 119 cm³/mol. The molecule has 0 spiro atoms. The average Bonchev–Trinajstić information content (AvgIpc) is 2.70. The highest BCUT2D eigenvalue weighted by atomic mass is 79.9. The fraction of sp³-hybridized carbons (Fsp3) is 0.542. The molecule has 5 aliphatic rings. The molecule has 1 aromatic carbocycles. The van der Waals surface area contributed by atoms with Crippen molar-refractivity contribution in [2.75, 3.05) is 7.11 Å². The topological polar surface area (TPSA) is 75.7 Å². The molecule has 1 aliphatic heterocycles. The van der Waals surface area contributed by atoms with Gasteiger partial charge in [0.25, 0.3) is 11.8 Å². The van der Waals surface area contributed by atoms with Crippen molar-refractivity contribution < 1.29 is 19.1 Å². The second-order valence-corrected chi connectivity index (χ2v) is 10.7. The normalized spacial score (nSPS) is 34.3. The van der Waals surface area contributed by atoms with E-state index in [1.54, 1.807) is 31.4 Å². The Labute approximate surface area is 190 Å². The number of barbiturate groups is 1. The third-order valence-corrected chi connectivity index (χ3v) is 8.60. The fourth-order valence-electron chi connectivity index (χ4n) is 6.93. The highest BCUT2D eigenvalue weighted by molar-refractivity contribution is 9.10. The van der Waals surface area contributed by atoms with Crippen LogP contribution in [0.15, 0.2) is 28.2 Å².